The quantitative estimate of drug-likeness (QED) is 0.824. The van der Waals surface area contributed by atoms with Gasteiger partial charge in [0.2, 0.25) is 5.95 Å². The van der Waals surface area contributed by atoms with Gasteiger partial charge in [-0.2, -0.15) is 5.10 Å². The summed E-state index contributed by atoms with van der Waals surface area (Å²) in [4.78, 5) is 22.1. The zero-order valence-electron chi connectivity index (χ0n) is 13.3. The predicted molar refractivity (Wildman–Crippen MR) is 81.5 cm³/mol. The van der Waals surface area contributed by atoms with Crippen molar-refractivity contribution in [3.63, 3.8) is 0 Å². The number of aromatic nitrogens is 3. The van der Waals surface area contributed by atoms with Gasteiger partial charge in [-0.3, -0.25) is 0 Å². The number of hydrogen-bond donors (Lipinski definition) is 0. The fourth-order valence-electron chi connectivity index (χ4n) is 2.44. The molecule has 1 saturated heterocycles. The molecule has 1 aliphatic rings. The van der Waals surface area contributed by atoms with Gasteiger partial charge in [-0.1, -0.05) is 13.8 Å². The lowest BCUT2D eigenvalue weighted by molar-refractivity contribution is 0.167. The van der Waals surface area contributed by atoms with Gasteiger partial charge in [-0.25, -0.2) is 9.78 Å². The Morgan fingerprint density at radius 1 is 1.05 bits per heavy atom. The zero-order chi connectivity index (χ0) is 15.4. The number of hydrogen-bond acceptors (Lipinski definition) is 5. The molecule has 0 saturated carbocycles. The number of rotatable bonds is 3. The van der Waals surface area contributed by atoms with E-state index in [2.05, 4.69) is 33.9 Å². The molecule has 0 atom stereocenters. The van der Waals surface area contributed by atoms with Crippen molar-refractivity contribution in [2.75, 3.05) is 45.2 Å². The van der Waals surface area contributed by atoms with Crippen molar-refractivity contribution >= 4 is 12.0 Å². The molecule has 0 unspecified atom stereocenters. The third-order valence-electron chi connectivity index (χ3n) is 3.71. The maximum Gasteiger partial charge on any atom is 0.319 e. The molecule has 2 rings (SSSR count). The average Bonchev–Trinajstić information content (AvgIpc) is 2.53. The highest BCUT2D eigenvalue weighted by Gasteiger charge is 2.24. The van der Waals surface area contributed by atoms with Crippen LogP contribution >= 0.6 is 0 Å². The third-order valence-corrected chi connectivity index (χ3v) is 3.71. The van der Waals surface area contributed by atoms with Gasteiger partial charge in [-0.05, 0) is 12.8 Å². The Kier molecular flexibility index (Phi) is 4.93. The maximum atomic E-state index is 11.9. The number of carbonyl (C=O) groups excluding carboxylic acids is 1. The monoisotopic (exact) mass is 292 g/mol. The van der Waals surface area contributed by atoms with Crippen LogP contribution in [0.1, 0.15) is 25.2 Å². The minimum Gasteiger partial charge on any atom is -0.336 e. The van der Waals surface area contributed by atoms with Gasteiger partial charge in [0, 0.05) is 40.3 Å². The molecule has 116 valence electrons. The Bertz CT molecular complexity index is 496. The molecule has 7 nitrogen and oxygen atoms in total. The Labute approximate surface area is 126 Å². The van der Waals surface area contributed by atoms with Crippen LogP contribution in [0.4, 0.5) is 10.7 Å². The van der Waals surface area contributed by atoms with Crippen LogP contribution in [-0.4, -0.2) is 71.3 Å². The Morgan fingerprint density at radius 2 is 1.67 bits per heavy atom. The Hall–Kier alpha value is -1.92. The van der Waals surface area contributed by atoms with Crippen molar-refractivity contribution in [3.05, 3.63) is 11.4 Å². The second-order valence-electron chi connectivity index (χ2n) is 5.36. The summed E-state index contributed by atoms with van der Waals surface area (Å²) in [6, 6.07) is 0.0595. The summed E-state index contributed by atoms with van der Waals surface area (Å²) in [5, 5.41) is 8.52. The zero-order valence-corrected chi connectivity index (χ0v) is 13.3. The normalized spacial score (nSPS) is 15.2. The number of piperazine rings is 1. The molecular weight excluding hydrogens is 268 g/mol. The van der Waals surface area contributed by atoms with Crippen molar-refractivity contribution in [2.24, 2.45) is 0 Å². The van der Waals surface area contributed by atoms with Crippen LogP contribution in [0.3, 0.4) is 0 Å². The van der Waals surface area contributed by atoms with Gasteiger partial charge in [0.15, 0.2) is 0 Å². The lowest BCUT2D eigenvalue weighted by atomic mass is 10.2. The van der Waals surface area contributed by atoms with Gasteiger partial charge in [0.1, 0.15) is 0 Å². The highest BCUT2D eigenvalue weighted by molar-refractivity contribution is 5.74. The third kappa shape index (κ3) is 3.40. The van der Waals surface area contributed by atoms with Gasteiger partial charge < -0.3 is 14.7 Å². The van der Waals surface area contributed by atoms with E-state index in [0.717, 1.165) is 37.3 Å². The van der Waals surface area contributed by atoms with Crippen LogP contribution in [-0.2, 0) is 12.8 Å². The van der Waals surface area contributed by atoms with E-state index in [0.29, 0.717) is 19.0 Å². The topological polar surface area (TPSA) is 65.5 Å². The highest BCUT2D eigenvalue weighted by Crippen LogP contribution is 2.13. The van der Waals surface area contributed by atoms with Crippen molar-refractivity contribution in [2.45, 2.75) is 26.7 Å². The molecule has 2 heterocycles. The first-order valence-electron chi connectivity index (χ1n) is 7.50. The number of aryl methyl sites for hydroxylation is 2. The van der Waals surface area contributed by atoms with Crippen molar-refractivity contribution in [1.82, 2.24) is 25.0 Å². The van der Waals surface area contributed by atoms with Crippen LogP contribution in [0.25, 0.3) is 0 Å². The summed E-state index contributed by atoms with van der Waals surface area (Å²) in [5.41, 5.74) is 2.00. The first-order valence-corrected chi connectivity index (χ1v) is 7.50. The van der Waals surface area contributed by atoms with E-state index in [4.69, 9.17) is 0 Å². The molecule has 0 aliphatic carbocycles. The number of carbonyl (C=O) groups is 1. The number of nitrogens with zero attached hydrogens (tertiary/aromatic N) is 6. The van der Waals surface area contributed by atoms with Gasteiger partial charge >= 0.3 is 6.03 Å². The standard InChI is InChI=1S/C14H24N6O/c1-5-11-12(6-2)16-17-13(15-11)19-7-9-20(10-8-19)14(21)18(3)4/h5-10H2,1-4H3. The molecule has 1 aromatic rings. The molecule has 7 heteroatoms. The molecule has 0 bridgehead atoms. The maximum absolute atomic E-state index is 11.9. The number of urea groups is 1. The highest BCUT2D eigenvalue weighted by atomic mass is 16.2. The summed E-state index contributed by atoms with van der Waals surface area (Å²) in [5.74, 6) is 0.681. The van der Waals surface area contributed by atoms with E-state index in [1.807, 2.05) is 4.90 Å². The SMILES string of the molecule is CCc1nnc(N2CCN(C(=O)N(C)C)CC2)nc1CC. The van der Waals surface area contributed by atoms with Crippen LogP contribution in [0.2, 0.25) is 0 Å². The van der Waals surface area contributed by atoms with Crippen molar-refractivity contribution in [1.29, 1.82) is 0 Å². The Morgan fingerprint density at radius 3 is 2.19 bits per heavy atom. The van der Waals surface area contributed by atoms with E-state index in [1.165, 1.54) is 0 Å². The first kappa shape index (κ1) is 15.5. The van der Waals surface area contributed by atoms with Crippen LogP contribution in [0.15, 0.2) is 0 Å². The van der Waals surface area contributed by atoms with E-state index in [9.17, 15) is 4.79 Å². The fourth-order valence-corrected chi connectivity index (χ4v) is 2.44. The lowest BCUT2D eigenvalue weighted by Gasteiger charge is -2.35. The molecule has 1 aromatic heterocycles. The number of amides is 2. The largest absolute Gasteiger partial charge is 0.336 e. The van der Waals surface area contributed by atoms with Gasteiger partial charge in [0.25, 0.3) is 0 Å². The van der Waals surface area contributed by atoms with E-state index in [1.54, 1.807) is 19.0 Å². The second-order valence-corrected chi connectivity index (χ2v) is 5.36. The molecule has 1 aliphatic heterocycles. The van der Waals surface area contributed by atoms with Crippen LogP contribution in [0, 0.1) is 0 Å². The summed E-state index contributed by atoms with van der Waals surface area (Å²) >= 11 is 0. The van der Waals surface area contributed by atoms with Gasteiger partial charge in [-0.15, -0.1) is 5.10 Å². The van der Waals surface area contributed by atoms with E-state index < -0.39 is 0 Å². The predicted octanol–water partition coefficient (Wildman–Crippen LogP) is 0.800. The van der Waals surface area contributed by atoms with E-state index >= 15 is 0 Å². The minimum atomic E-state index is 0.0595. The molecule has 0 radical (unpaired) electrons. The van der Waals surface area contributed by atoms with Crippen LogP contribution < -0.4 is 4.90 Å². The molecule has 0 aromatic carbocycles. The summed E-state index contributed by atoms with van der Waals surface area (Å²) in [6.45, 7) is 7.03. The molecule has 0 N–H and O–H groups in total. The van der Waals surface area contributed by atoms with Gasteiger partial charge in [0.05, 0.1) is 11.4 Å². The molecular formula is C14H24N6O. The smallest absolute Gasteiger partial charge is 0.319 e. The number of anilines is 1. The molecule has 2 amide bonds. The van der Waals surface area contributed by atoms with Crippen molar-refractivity contribution < 1.29 is 4.79 Å². The summed E-state index contributed by atoms with van der Waals surface area (Å²) in [6.07, 6.45) is 1.72. The summed E-state index contributed by atoms with van der Waals surface area (Å²) in [7, 11) is 3.55. The molecule has 1 fully saturated rings. The van der Waals surface area contributed by atoms with Crippen molar-refractivity contribution in [3.8, 4) is 0 Å². The Balaban J connectivity index is 2.04. The fraction of sp³-hybridized carbons (Fsp3) is 0.714. The molecule has 0 spiro atoms. The minimum absolute atomic E-state index is 0.0595. The second kappa shape index (κ2) is 6.69. The summed E-state index contributed by atoms with van der Waals surface area (Å²) < 4.78 is 0. The lowest BCUT2D eigenvalue weighted by Crippen LogP contribution is -2.52. The first-order chi connectivity index (χ1) is 10.1. The van der Waals surface area contributed by atoms with Crippen LogP contribution in [0.5, 0.6) is 0 Å². The molecule has 21 heavy (non-hydrogen) atoms. The average molecular weight is 292 g/mol. The van der Waals surface area contributed by atoms with E-state index in [-0.39, 0.29) is 6.03 Å².